The van der Waals surface area contributed by atoms with Crippen LogP contribution in [0.25, 0.3) is 28.5 Å². The molecule has 3 N–H and O–H groups in total. The number of fused-ring (bicyclic) bond motifs is 1. The first-order valence-electron chi connectivity index (χ1n) is 10.9. The molecular weight excluding hydrogens is 422 g/mol. The fourth-order valence-corrected chi connectivity index (χ4v) is 4.25. The standard InChI is InChI=1S/C23H25N7O3/c1-13-11-26-17-8-3-14(12-30(13)17)18-19(23-25-9-10-33-23)29-21(24)20(28-18)22(31)27-15-4-6-16(32-2)7-5-15/h3,8-12,15-16H,4-7H2,1-2H3,(H2,24,29)(H,27,31). The molecule has 0 unspecified atom stereocenters. The number of rotatable bonds is 5. The highest BCUT2D eigenvalue weighted by atomic mass is 16.5. The van der Waals surface area contributed by atoms with Crippen LogP contribution >= 0.6 is 0 Å². The Hall–Kier alpha value is -3.79. The maximum Gasteiger partial charge on any atom is 0.273 e. The number of oxazole rings is 1. The minimum Gasteiger partial charge on any atom is -0.443 e. The van der Waals surface area contributed by atoms with Gasteiger partial charge in [-0.3, -0.25) is 4.79 Å². The molecule has 4 heterocycles. The number of nitrogens with one attached hydrogen (secondary N) is 1. The van der Waals surface area contributed by atoms with Gasteiger partial charge in [-0.25, -0.2) is 19.9 Å². The molecule has 4 aromatic heterocycles. The second-order valence-corrected chi connectivity index (χ2v) is 8.22. The van der Waals surface area contributed by atoms with Gasteiger partial charge < -0.3 is 24.6 Å². The Morgan fingerprint density at radius 1 is 1.18 bits per heavy atom. The van der Waals surface area contributed by atoms with Crippen molar-refractivity contribution in [2.45, 2.75) is 44.8 Å². The van der Waals surface area contributed by atoms with Crippen molar-refractivity contribution < 1.29 is 13.9 Å². The van der Waals surface area contributed by atoms with Crippen LogP contribution in [-0.2, 0) is 4.74 Å². The molecule has 1 saturated carbocycles. The number of hydrogen-bond acceptors (Lipinski definition) is 8. The number of nitrogens with two attached hydrogens (primary N) is 1. The third-order valence-electron chi connectivity index (χ3n) is 6.08. The molecule has 1 aliphatic rings. The van der Waals surface area contributed by atoms with Gasteiger partial charge in [0.15, 0.2) is 17.2 Å². The number of methoxy groups -OCH3 is 1. The summed E-state index contributed by atoms with van der Waals surface area (Å²) in [6, 6.07) is 3.81. The molecule has 0 spiro atoms. The van der Waals surface area contributed by atoms with Gasteiger partial charge in [0, 0.05) is 36.8 Å². The van der Waals surface area contributed by atoms with Crippen molar-refractivity contribution >= 4 is 17.4 Å². The highest BCUT2D eigenvalue weighted by molar-refractivity contribution is 5.98. The number of aromatic nitrogens is 5. The Labute approximate surface area is 190 Å². The molecule has 0 radical (unpaired) electrons. The minimum absolute atomic E-state index is 0.0231. The number of aryl methyl sites for hydroxylation is 1. The van der Waals surface area contributed by atoms with Crippen LogP contribution < -0.4 is 11.1 Å². The van der Waals surface area contributed by atoms with Gasteiger partial charge >= 0.3 is 0 Å². The van der Waals surface area contributed by atoms with Crippen molar-refractivity contribution in [3.63, 3.8) is 0 Å². The summed E-state index contributed by atoms with van der Waals surface area (Å²) in [6.07, 6.45) is 10.4. The zero-order chi connectivity index (χ0) is 22.9. The first kappa shape index (κ1) is 21.1. The maximum atomic E-state index is 13.1. The van der Waals surface area contributed by atoms with Gasteiger partial charge in [0.05, 0.1) is 12.3 Å². The number of carbonyl (C=O) groups is 1. The number of amides is 1. The van der Waals surface area contributed by atoms with Crippen molar-refractivity contribution in [2.75, 3.05) is 12.8 Å². The number of anilines is 1. The van der Waals surface area contributed by atoms with E-state index >= 15 is 0 Å². The summed E-state index contributed by atoms with van der Waals surface area (Å²) in [5, 5.41) is 3.06. The summed E-state index contributed by atoms with van der Waals surface area (Å²) in [6.45, 7) is 1.96. The lowest BCUT2D eigenvalue weighted by atomic mass is 9.93. The smallest absolute Gasteiger partial charge is 0.273 e. The van der Waals surface area contributed by atoms with Crippen LogP contribution in [0.5, 0.6) is 0 Å². The first-order chi connectivity index (χ1) is 16.0. The summed E-state index contributed by atoms with van der Waals surface area (Å²) < 4.78 is 12.8. The molecule has 0 aromatic carbocycles. The second kappa shape index (κ2) is 8.62. The summed E-state index contributed by atoms with van der Waals surface area (Å²) in [4.78, 5) is 30.8. The number of hydrogen-bond donors (Lipinski definition) is 2. The number of carbonyl (C=O) groups excluding carboxylic acids is 1. The van der Waals surface area contributed by atoms with E-state index in [0.29, 0.717) is 11.4 Å². The lowest BCUT2D eigenvalue weighted by Crippen LogP contribution is -2.39. The lowest BCUT2D eigenvalue weighted by Gasteiger charge is -2.28. The molecular formula is C23H25N7O3. The zero-order valence-electron chi connectivity index (χ0n) is 18.5. The second-order valence-electron chi connectivity index (χ2n) is 8.22. The predicted molar refractivity (Wildman–Crippen MR) is 121 cm³/mol. The quantitative estimate of drug-likeness (QED) is 0.477. The summed E-state index contributed by atoms with van der Waals surface area (Å²) in [7, 11) is 1.72. The SMILES string of the molecule is COC1CCC(NC(=O)c2nc(-c3ccc4ncc(C)n4c3)c(-c3ncco3)nc2N)CC1. The van der Waals surface area contributed by atoms with Crippen molar-refractivity contribution in [1.29, 1.82) is 0 Å². The molecule has 5 rings (SSSR count). The number of ether oxygens (including phenoxy) is 1. The molecule has 33 heavy (non-hydrogen) atoms. The van der Waals surface area contributed by atoms with Crippen LogP contribution in [0.3, 0.4) is 0 Å². The molecule has 1 aliphatic carbocycles. The Morgan fingerprint density at radius 3 is 2.73 bits per heavy atom. The normalized spacial score (nSPS) is 18.5. The third-order valence-corrected chi connectivity index (χ3v) is 6.08. The highest BCUT2D eigenvalue weighted by Gasteiger charge is 2.26. The Balaban J connectivity index is 1.53. The van der Waals surface area contributed by atoms with Gasteiger partial charge in [-0.1, -0.05) is 0 Å². The van der Waals surface area contributed by atoms with Gasteiger partial charge in [0.2, 0.25) is 5.89 Å². The van der Waals surface area contributed by atoms with Crippen LogP contribution in [0.2, 0.25) is 0 Å². The number of nitrogen functional groups attached to an aromatic ring is 1. The summed E-state index contributed by atoms with van der Waals surface area (Å²) in [5.74, 6) is -0.0487. The van der Waals surface area contributed by atoms with Crippen LogP contribution in [-0.4, -0.2) is 49.5 Å². The average Bonchev–Trinajstić information content (AvgIpc) is 3.49. The maximum absolute atomic E-state index is 13.1. The number of nitrogens with zero attached hydrogens (tertiary/aromatic N) is 5. The van der Waals surface area contributed by atoms with Gasteiger partial charge in [-0.15, -0.1) is 0 Å². The van der Waals surface area contributed by atoms with Crippen molar-refractivity contribution in [2.24, 2.45) is 0 Å². The zero-order valence-corrected chi connectivity index (χ0v) is 18.5. The Morgan fingerprint density at radius 2 is 2.00 bits per heavy atom. The lowest BCUT2D eigenvalue weighted by molar-refractivity contribution is 0.0598. The Bertz CT molecular complexity index is 1290. The number of pyridine rings is 1. The van der Waals surface area contributed by atoms with Gasteiger partial charge in [-0.05, 0) is 44.7 Å². The van der Waals surface area contributed by atoms with Gasteiger partial charge in [0.1, 0.15) is 17.6 Å². The van der Waals surface area contributed by atoms with E-state index in [0.717, 1.165) is 42.6 Å². The van der Waals surface area contributed by atoms with E-state index in [4.69, 9.17) is 14.9 Å². The summed E-state index contributed by atoms with van der Waals surface area (Å²) >= 11 is 0. The van der Waals surface area contributed by atoms with Crippen LogP contribution in [0.15, 0.2) is 41.4 Å². The monoisotopic (exact) mass is 447 g/mol. The van der Waals surface area contributed by atoms with E-state index in [9.17, 15) is 4.79 Å². The average molecular weight is 447 g/mol. The van der Waals surface area contributed by atoms with E-state index in [-0.39, 0.29) is 35.5 Å². The minimum atomic E-state index is -0.346. The predicted octanol–water partition coefficient (Wildman–Crippen LogP) is 3.02. The van der Waals surface area contributed by atoms with E-state index in [1.165, 1.54) is 12.5 Å². The van der Waals surface area contributed by atoms with E-state index in [1.807, 2.05) is 29.7 Å². The van der Waals surface area contributed by atoms with E-state index in [1.54, 1.807) is 13.3 Å². The molecule has 10 heteroatoms. The van der Waals surface area contributed by atoms with Crippen molar-refractivity contribution in [3.8, 4) is 22.8 Å². The highest BCUT2D eigenvalue weighted by Crippen LogP contribution is 2.30. The van der Waals surface area contributed by atoms with E-state index < -0.39 is 0 Å². The molecule has 1 amide bonds. The summed E-state index contributed by atoms with van der Waals surface area (Å²) in [5.41, 5.74) is 9.60. The van der Waals surface area contributed by atoms with Crippen LogP contribution in [0, 0.1) is 6.92 Å². The van der Waals surface area contributed by atoms with Crippen molar-refractivity contribution in [3.05, 3.63) is 48.4 Å². The topological polar surface area (TPSA) is 133 Å². The molecule has 0 atom stereocenters. The largest absolute Gasteiger partial charge is 0.443 e. The van der Waals surface area contributed by atoms with Crippen molar-refractivity contribution in [1.82, 2.24) is 29.7 Å². The number of imidazole rings is 1. The fourth-order valence-electron chi connectivity index (χ4n) is 4.25. The molecule has 170 valence electrons. The molecule has 0 bridgehead atoms. The molecule has 10 nitrogen and oxygen atoms in total. The van der Waals surface area contributed by atoms with Gasteiger partial charge in [-0.2, -0.15) is 0 Å². The van der Waals surface area contributed by atoms with Crippen LogP contribution in [0.1, 0.15) is 41.9 Å². The Kier molecular flexibility index (Phi) is 5.51. The first-order valence-corrected chi connectivity index (χ1v) is 10.9. The molecule has 4 aromatic rings. The van der Waals surface area contributed by atoms with Gasteiger partial charge in [0.25, 0.3) is 5.91 Å². The third kappa shape index (κ3) is 4.05. The fraction of sp³-hybridized carbons (Fsp3) is 0.348. The van der Waals surface area contributed by atoms with Crippen LogP contribution in [0.4, 0.5) is 5.82 Å². The molecule has 0 aliphatic heterocycles. The molecule has 0 saturated heterocycles. The van der Waals surface area contributed by atoms with E-state index in [2.05, 4.69) is 25.3 Å². The molecule has 1 fully saturated rings.